The molecule has 0 aliphatic heterocycles. The lowest BCUT2D eigenvalue weighted by molar-refractivity contribution is 0.280. The molecule has 0 amide bonds. The fourth-order valence-corrected chi connectivity index (χ4v) is 2.20. The summed E-state index contributed by atoms with van der Waals surface area (Å²) in [5, 5.41) is 4.72. The van der Waals surface area contributed by atoms with Crippen molar-refractivity contribution in [1.82, 2.24) is 0 Å². The molecule has 82 valence electrons. The molecule has 0 heterocycles. The van der Waals surface area contributed by atoms with Crippen LogP contribution in [0.15, 0.2) is 18.2 Å². The van der Waals surface area contributed by atoms with Gasteiger partial charge in [-0.3, -0.25) is 0 Å². The van der Waals surface area contributed by atoms with Gasteiger partial charge < -0.3 is 11.1 Å². The first-order valence-electron chi connectivity index (χ1n) is 5.09. The summed E-state index contributed by atoms with van der Waals surface area (Å²) in [5.74, 6) is 0.676. The Hall–Kier alpha value is -0.440. The van der Waals surface area contributed by atoms with E-state index >= 15 is 0 Å². The highest BCUT2D eigenvalue weighted by molar-refractivity contribution is 6.35. The first-order valence-corrected chi connectivity index (χ1v) is 5.85. The molecule has 1 saturated carbocycles. The Bertz CT molecular complexity index is 348. The lowest BCUT2D eigenvalue weighted by Crippen LogP contribution is -2.39. The van der Waals surface area contributed by atoms with Crippen molar-refractivity contribution in [1.29, 1.82) is 0 Å². The van der Waals surface area contributed by atoms with Crippen LogP contribution < -0.4 is 11.1 Å². The third kappa shape index (κ3) is 2.77. The number of nitrogens with two attached hydrogens (primary N) is 1. The lowest BCUT2D eigenvalue weighted by Gasteiger charge is -2.32. The van der Waals surface area contributed by atoms with Crippen LogP contribution in [0.1, 0.15) is 12.8 Å². The average Bonchev–Trinajstić information content (AvgIpc) is 2.16. The van der Waals surface area contributed by atoms with Crippen LogP contribution in [0.4, 0.5) is 5.69 Å². The first kappa shape index (κ1) is 11.1. The van der Waals surface area contributed by atoms with Gasteiger partial charge in [0.25, 0.3) is 0 Å². The average molecular weight is 245 g/mol. The third-order valence-electron chi connectivity index (χ3n) is 2.78. The summed E-state index contributed by atoms with van der Waals surface area (Å²) < 4.78 is 0. The van der Waals surface area contributed by atoms with Gasteiger partial charge >= 0.3 is 0 Å². The fraction of sp³-hybridized carbons (Fsp3) is 0.455. The van der Waals surface area contributed by atoms with E-state index in [9.17, 15) is 0 Å². The van der Waals surface area contributed by atoms with Gasteiger partial charge in [-0.05, 0) is 37.0 Å². The molecule has 4 heteroatoms. The minimum atomic E-state index is 0.395. The van der Waals surface area contributed by atoms with Crippen LogP contribution in [0.2, 0.25) is 10.0 Å². The summed E-state index contributed by atoms with van der Waals surface area (Å²) in [6.45, 7) is 0.924. The quantitative estimate of drug-likeness (QED) is 0.858. The van der Waals surface area contributed by atoms with Crippen LogP contribution >= 0.6 is 23.2 Å². The Kier molecular flexibility index (Phi) is 3.39. The maximum Gasteiger partial charge on any atom is 0.0638 e. The van der Waals surface area contributed by atoms with Crippen LogP contribution in [0.3, 0.4) is 0 Å². The molecule has 0 aromatic heterocycles. The largest absolute Gasteiger partial charge is 0.384 e. The summed E-state index contributed by atoms with van der Waals surface area (Å²) in [6.07, 6.45) is 2.20. The molecule has 2 nitrogen and oxygen atoms in total. The van der Waals surface area contributed by atoms with E-state index in [2.05, 4.69) is 5.32 Å². The number of anilines is 1. The summed E-state index contributed by atoms with van der Waals surface area (Å²) in [7, 11) is 0. The maximum atomic E-state index is 6.02. The molecule has 0 saturated heterocycles. The number of hydrogen-bond acceptors (Lipinski definition) is 2. The van der Waals surface area contributed by atoms with Crippen molar-refractivity contribution < 1.29 is 0 Å². The molecule has 1 aliphatic rings. The van der Waals surface area contributed by atoms with E-state index in [1.54, 1.807) is 12.1 Å². The van der Waals surface area contributed by atoms with E-state index in [0.29, 0.717) is 22.0 Å². The maximum absolute atomic E-state index is 6.02. The standard InChI is InChI=1S/C11H14Cl2N2/c12-8-1-2-10(13)11(5-8)15-6-7-3-9(14)4-7/h1-2,5,7,9,15H,3-4,6,14H2. The normalized spacial score (nSPS) is 24.7. The molecule has 0 bridgehead atoms. The summed E-state index contributed by atoms with van der Waals surface area (Å²) in [4.78, 5) is 0. The molecule has 1 aliphatic carbocycles. The van der Waals surface area contributed by atoms with Gasteiger partial charge in [-0.25, -0.2) is 0 Å². The highest BCUT2D eigenvalue weighted by Gasteiger charge is 2.25. The molecule has 0 unspecified atom stereocenters. The second-order valence-electron chi connectivity index (χ2n) is 4.10. The van der Waals surface area contributed by atoms with Gasteiger partial charge in [0, 0.05) is 17.6 Å². The van der Waals surface area contributed by atoms with E-state index in [0.717, 1.165) is 25.1 Å². The number of rotatable bonds is 3. The minimum absolute atomic E-state index is 0.395. The molecule has 0 atom stereocenters. The monoisotopic (exact) mass is 244 g/mol. The van der Waals surface area contributed by atoms with Crippen LogP contribution in [0.25, 0.3) is 0 Å². The van der Waals surface area contributed by atoms with Gasteiger partial charge in [0.15, 0.2) is 0 Å². The van der Waals surface area contributed by atoms with E-state index in [4.69, 9.17) is 28.9 Å². The van der Waals surface area contributed by atoms with Crippen molar-refractivity contribution in [2.75, 3.05) is 11.9 Å². The van der Waals surface area contributed by atoms with Gasteiger partial charge in [0.1, 0.15) is 0 Å². The first-order chi connectivity index (χ1) is 7.15. The van der Waals surface area contributed by atoms with Crippen LogP contribution in [-0.4, -0.2) is 12.6 Å². The Morgan fingerprint density at radius 3 is 2.73 bits per heavy atom. The van der Waals surface area contributed by atoms with E-state index in [1.165, 1.54) is 0 Å². The van der Waals surface area contributed by atoms with Crippen LogP contribution in [0, 0.1) is 5.92 Å². The van der Waals surface area contributed by atoms with Gasteiger partial charge in [0.2, 0.25) is 0 Å². The van der Waals surface area contributed by atoms with Crippen molar-refractivity contribution in [2.45, 2.75) is 18.9 Å². The van der Waals surface area contributed by atoms with Gasteiger partial charge in [0.05, 0.1) is 10.7 Å². The Labute approximate surface area is 99.7 Å². The third-order valence-corrected chi connectivity index (χ3v) is 3.35. The zero-order chi connectivity index (χ0) is 10.8. The van der Waals surface area contributed by atoms with Crippen molar-refractivity contribution in [2.24, 2.45) is 11.7 Å². The zero-order valence-electron chi connectivity index (χ0n) is 8.34. The molecule has 1 aromatic rings. The zero-order valence-corrected chi connectivity index (χ0v) is 9.85. The van der Waals surface area contributed by atoms with E-state index in [1.807, 2.05) is 6.07 Å². The lowest BCUT2D eigenvalue weighted by atomic mass is 9.81. The molecular formula is C11H14Cl2N2. The molecule has 1 fully saturated rings. The Balaban J connectivity index is 1.90. The predicted octanol–water partition coefficient (Wildman–Crippen LogP) is 3.14. The molecular weight excluding hydrogens is 231 g/mol. The molecule has 1 aromatic carbocycles. The van der Waals surface area contributed by atoms with Gasteiger partial charge in [-0.15, -0.1) is 0 Å². The van der Waals surface area contributed by atoms with E-state index < -0.39 is 0 Å². The molecule has 0 spiro atoms. The van der Waals surface area contributed by atoms with Crippen LogP contribution in [0.5, 0.6) is 0 Å². The van der Waals surface area contributed by atoms with Crippen molar-refractivity contribution in [3.63, 3.8) is 0 Å². The number of halogens is 2. The SMILES string of the molecule is NC1CC(CNc2cc(Cl)ccc2Cl)C1. The van der Waals surface area contributed by atoms with Crippen molar-refractivity contribution >= 4 is 28.9 Å². The fourth-order valence-electron chi connectivity index (χ4n) is 1.84. The van der Waals surface area contributed by atoms with Crippen molar-refractivity contribution in [3.05, 3.63) is 28.2 Å². The summed E-state index contributed by atoms with van der Waals surface area (Å²) in [5.41, 5.74) is 6.62. The van der Waals surface area contributed by atoms with Gasteiger partial charge in [-0.2, -0.15) is 0 Å². The summed E-state index contributed by atoms with van der Waals surface area (Å²) in [6, 6.07) is 5.84. The van der Waals surface area contributed by atoms with E-state index in [-0.39, 0.29) is 0 Å². The topological polar surface area (TPSA) is 38.0 Å². The summed E-state index contributed by atoms with van der Waals surface area (Å²) >= 11 is 11.9. The Morgan fingerprint density at radius 1 is 1.33 bits per heavy atom. The number of hydrogen-bond donors (Lipinski definition) is 2. The highest BCUT2D eigenvalue weighted by atomic mass is 35.5. The number of benzene rings is 1. The smallest absolute Gasteiger partial charge is 0.0638 e. The van der Waals surface area contributed by atoms with Gasteiger partial charge in [-0.1, -0.05) is 23.2 Å². The van der Waals surface area contributed by atoms with Crippen molar-refractivity contribution in [3.8, 4) is 0 Å². The minimum Gasteiger partial charge on any atom is -0.384 e. The van der Waals surface area contributed by atoms with Crippen LogP contribution in [-0.2, 0) is 0 Å². The second kappa shape index (κ2) is 4.60. The predicted molar refractivity (Wildman–Crippen MR) is 65.7 cm³/mol. The molecule has 0 radical (unpaired) electrons. The molecule has 15 heavy (non-hydrogen) atoms. The highest BCUT2D eigenvalue weighted by Crippen LogP contribution is 2.29. The Morgan fingerprint density at radius 2 is 2.07 bits per heavy atom. The molecule has 2 rings (SSSR count). The second-order valence-corrected chi connectivity index (χ2v) is 4.95. The molecule has 3 N–H and O–H groups in total. The number of nitrogens with one attached hydrogen (secondary N) is 1.